The Labute approximate surface area is 131 Å². The maximum Gasteiger partial charge on any atom is 0.240 e. The van der Waals surface area contributed by atoms with Gasteiger partial charge in [0, 0.05) is 6.54 Å². The smallest absolute Gasteiger partial charge is 0.240 e. The van der Waals surface area contributed by atoms with Crippen LogP contribution in [0.2, 0.25) is 0 Å². The van der Waals surface area contributed by atoms with Crippen LogP contribution in [0.4, 0.5) is 0 Å². The number of methoxy groups -OCH3 is 1. The molecule has 0 fully saturated rings. The van der Waals surface area contributed by atoms with Crippen molar-refractivity contribution in [1.29, 1.82) is 0 Å². The van der Waals surface area contributed by atoms with Crippen LogP contribution in [0, 0.1) is 6.92 Å². The Balaban J connectivity index is 2.18. The normalized spacial score (nSPS) is 11.6. The molecule has 0 spiro atoms. The van der Waals surface area contributed by atoms with Gasteiger partial charge in [0.2, 0.25) is 10.0 Å². The van der Waals surface area contributed by atoms with Crippen LogP contribution in [0.3, 0.4) is 0 Å². The van der Waals surface area contributed by atoms with Gasteiger partial charge in [-0.05, 0) is 62.9 Å². The van der Waals surface area contributed by atoms with Crippen molar-refractivity contribution >= 4 is 37.3 Å². The van der Waals surface area contributed by atoms with Crippen LogP contribution in [0.25, 0.3) is 0 Å². The maximum absolute atomic E-state index is 12.2. The van der Waals surface area contributed by atoms with Crippen LogP contribution >= 0.6 is 27.3 Å². The van der Waals surface area contributed by atoms with Crippen molar-refractivity contribution in [2.24, 2.45) is 0 Å². The number of hydrogen-bond donors (Lipinski definition) is 1. The van der Waals surface area contributed by atoms with E-state index in [1.165, 1.54) is 19.2 Å². The number of thiophene rings is 1. The van der Waals surface area contributed by atoms with Crippen molar-refractivity contribution in [1.82, 2.24) is 4.72 Å². The Morgan fingerprint density at radius 3 is 2.65 bits per heavy atom. The molecule has 7 heteroatoms. The molecule has 0 bridgehead atoms. The number of halogens is 1. The summed E-state index contributed by atoms with van der Waals surface area (Å²) in [5, 5.41) is 3.94. The Hall–Kier alpha value is -0.890. The van der Waals surface area contributed by atoms with Gasteiger partial charge in [-0.15, -0.1) is 0 Å². The standard InChI is InChI=1S/C13H14BrNO3S2/c1-9-7-19-8-10(9)6-15-20(16,17)11-3-4-13(18-2)12(14)5-11/h3-5,7-8,15H,6H2,1-2H3. The van der Waals surface area contributed by atoms with E-state index in [9.17, 15) is 8.42 Å². The summed E-state index contributed by atoms with van der Waals surface area (Å²) in [5.74, 6) is 0.595. The van der Waals surface area contributed by atoms with Crippen molar-refractivity contribution in [2.75, 3.05) is 7.11 Å². The summed E-state index contributed by atoms with van der Waals surface area (Å²) >= 11 is 4.85. The van der Waals surface area contributed by atoms with E-state index in [0.29, 0.717) is 16.8 Å². The lowest BCUT2D eigenvalue weighted by Gasteiger charge is -2.09. The van der Waals surface area contributed by atoms with Crippen LogP contribution in [-0.2, 0) is 16.6 Å². The van der Waals surface area contributed by atoms with E-state index in [0.717, 1.165) is 11.1 Å². The lowest BCUT2D eigenvalue weighted by Crippen LogP contribution is -2.23. The zero-order valence-corrected chi connectivity index (χ0v) is 14.2. The SMILES string of the molecule is COc1ccc(S(=O)(=O)NCc2cscc2C)cc1Br. The number of nitrogens with one attached hydrogen (secondary N) is 1. The highest BCUT2D eigenvalue weighted by Gasteiger charge is 2.16. The van der Waals surface area contributed by atoms with E-state index in [1.54, 1.807) is 17.4 Å². The average Bonchev–Trinajstić information content (AvgIpc) is 2.82. The largest absolute Gasteiger partial charge is 0.496 e. The monoisotopic (exact) mass is 375 g/mol. The van der Waals surface area contributed by atoms with Crippen LogP contribution < -0.4 is 9.46 Å². The predicted molar refractivity (Wildman–Crippen MR) is 83.8 cm³/mol. The summed E-state index contributed by atoms with van der Waals surface area (Å²) in [5.41, 5.74) is 2.08. The number of sulfonamides is 1. The minimum atomic E-state index is -3.53. The first-order chi connectivity index (χ1) is 9.44. The van der Waals surface area contributed by atoms with E-state index in [2.05, 4.69) is 20.7 Å². The predicted octanol–water partition coefficient (Wildman–Crippen LogP) is 3.31. The molecule has 0 amide bonds. The molecule has 0 saturated carbocycles. The molecule has 2 rings (SSSR count). The van der Waals surface area contributed by atoms with Crippen molar-refractivity contribution in [2.45, 2.75) is 18.4 Å². The van der Waals surface area contributed by atoms with Gasteiger partial charge in [-0.1, -0.05) is 0 Å². The number of rotatable bonds is 5. The second-order valence-corrected chi connectivity index (χ2v) is 7.57. The van der Waals surface area contributed by atoms with E-state index >= 15 is 0 Å². The molecule has 20 heavy (non-hydrogen) atoms. The molecule has 1 aromatic heterocycles. The fourth-order valence-corrected chi connectivity index (χ4v) is 4.22. The first-order valence-corrected chi connectivity index (χ1v) is 9.01. The molecular weight excluding hydrogens is 362 g/mol. The quantitative estimate of drug-likeness (QED) is 0.871. The molecule has 0 radical (unpaired) electrons. The average molecular weight is 376 g/mol. The van der Waals surface area contributed by atoms with Gasteiger partial charge >= 0.3 is 0 Å². The van der Waals surface area contributed by atoms with Crippen LogP contribution in [0.5, 0.6) is 5.75 Å². The number of hydrogen-bond acceptors (Lipinski definition) is 4. The first kappa shape index (κ1) is 15.5. The van der Waals surface area contributed by atoms with Crippen LogP contribution in [0.15, 0.2) is 38.3 Å². The maximum atomic E-state index is 12.2. The van der Waals surface area contributed by atoms with Gasteiger partial charge in [0.1, 0.15) is 5.75 Å². The molecule has 1 N–H and O–H groups in total. The minimum absolute atomic E-state index is 0.207. The topological polar surface area (TPSA) is 55.4 Å². The van der Waals surface area contributed by atoms with Gasteiger partial charge in [-0.25, -0.2) is 13.1 Å². The Bertz CT molecular complexity index is 710. The number of ether oxygens (including phenoxy) is 1. The lowest BCUT2D eigenvalue weighted by atomic mass is 10.2. The van der Waals surface area contributed by atoms with E-state index < -0.39 is 10.0 Å². The van der Waals surface area contributed by atoms with Crippen molar-refractivity contribution in [3.8, 4) is 5.75 Å². The third-order valence-corrected chi connectivity index (χ3v) is 5.78. The van der Waals surface area contributed by atoms with E-state index in [1.807, 2.05) is 17.7 Å². The molecule has 108 valence electrons. The number of aryl methyl sites for hydroxylation is 1. The summed E-state index contributed by atoms with van der Waals surface area (Å²) in [7, 11) is -2.00. The van der Waals surface area contributed by atoms with Gasteiger partial charge in [-0.2, -0.15) is 11.3 Å². The summed E-state index contributed by atoms with van der Waals surface area (Å²) in [4.78, 5) is 0.207. The van der Waals surface area contributed by atoms with Crippen LogP contribution in [-0.4, -0.2) is 15.5 Å². The highest BCUT2D eigenvalue weighted by atomic mass is 79.9. The number of benzene rings is 1. The summed E-state index contributed by atoms with van der Waals surface area (Å²) in [6.45, 7) is 2.26. The van der Waals surface area contributed by atoms with Gasteiger partial charge < -0.3 is 4.74 Å². The van der Waals surface area contributed by atoms with Gasteiger partial charge in [0.05, 0.1) is 16.5 Å². The second-order valence-electron chi connectivity index (χ2n) is 4.20. The highest BCUT2D eigenvalue weighted by molar-refractivity contribution is 9.10. The van der Waals surface area contributed by atoms with Gasteiger partial charge in [-0.3, -0.25) is 0 Å². The molecule has 0 unspecified atom stereocenters. The molecule has 0 atom stereocenters. The van der Waals surface area contributed by atoms with Gasteiger partial charge in [0.15, 0.2) is 0 Å². The minimum Gasteiger partial charge on any atom is -0.496 e. The molecule has 1 heterocycles. The molecule has 0 aliphatic carbocycles. The molecule has 4 nitrogen and oxygen atoms in total. The molecular formula is C13H14BrNO3S2. The fraction of sp³-hybridized carbons (Fsp3) is 0.231. The Morgan fingerprint density at radius 2 is 2.10 bits per heavy atom. The molecule has 0 aliphatic heterocycles. The zero-order chi connectivity index (χ0) is 14.8. The van der Waals surface area contributed by atoms with Crippen molar-refractivity contribution in [3.63, 3.8) is 0 Å². The van der Waals surface area contributed by atoms with Crippen LogP contribution in [0.1, 0.15) is 11.1 Å². The van der Waals surface area contributed by atoms with Gasteiger partial charge in [0.25, 0.3) is 0 Å². The molecule has 0 aliphatic rings. The third kappa shape index (κ3) is 3.41. The fourth-order valence-electron chi connectivity index (χ4n) is 1.64. The summed E-state index contributed by atoms with van der Waals surface area (Å²) in [6, 6.07) is 4.67. The summed E-state index contributed by atoms with van der Waals surface area (Å²) < 4.78 is 32.7. The lowest BCUT2D eigenvalue weighted by molar-refractivity contribution is 0.411. The zero-order valence-electron chi connectivity index (χ0n) is 11.0. The van der Waals surface area contributed by atoms with Crippen molar-refractivity contribution < 1.29 is 13.2 Å². The third-order valence-electron chi connectivity index (χ3n) is 2.85. The highest BCUT2D eigenvalue weighted by Crippen LogP contribution is 2.27. The molecule has 0 saturated heterocycles. The van der Waals surface area contributed by atoms with Crippen molar-refractivity contribution in [3.05, 3.63) is 44.6 Å². The molecule has 2 aromatic rings. The second kappa shape index (κ2) is 6.26. The molecule has 1 aromatic carbocycles. The van der Waals surface area contributed by atoms with E-state index in [-0.39, 0.29) is 4.90 Å². The summed E-state index contributed by atoms with van der Waals surface area (Å²) in [6.07, 6.45) is 0. The Kier molecular flexibility index (Phi) is 4.85. The Morgan fingerprint density at radius 1 is 1.35 bits per heavy atom. The first-order valence-electron chi connectivity index (χ1n) is 5.79. The van der Waals surface area contributed by atoms with E-state index in [4.69, 9.17) is 4.74 Å².